The van der Waals surface area contributed by atoms with Gasteiger partial charge < -0.3 is 24.1 Å². The normalized spacial score (nSPS) is 12.6. The number of furan rings is 1. The van der Waals surface area contributed by atoms with Crippen molar-refractivity contribution >= 4 is 28.5 Å². The second kappa shape index (κ2) is 8.10. The number of carbonyl (C=O) groups is 2. The molecule has 0 atom stereocenters. The van der Waals surface area contributed by atoms with Gasteiger partial charge in [-0.25, -0.2) is 0 Å². The maximum absolute atomic E-state index is 13.1. The lowest BCUT2D eigenvalue weighted by Crippen LogP contribution is -2.38. The molecule has 0 aliphatic carbocycles. The molecule has 0 spiro atoms. The molecular weight excluding hydrogens is 384 g/mol. The molecular formula is C23H24N2O5. The third kappa shape index (κ3) is 3.70. The van der Waals surface area contributed by atoms with Crippen LogP contribution in [0.3, 0.4) is 0 Å². The molecule has 1 aromatic heterocycles. The Balaban J connectivity index is 1.49. The third-order valence-electron chi connectivity index (χ3n) is 5.18. The molecule has 1 N–H and O–H groups in total. The van der Waals surface area contributed by atoms with E-state index in [2.05, 4.69) is 5.32 Å². The number of nitrogens with one attached hydrogen (secondary N) is 1. The molecule has 30 heavy (non-hydrogen) atoms. The summed E-state index contributed by atoms with van der Waals surface area (Å²) >= 11 is 0. The Morgan fingerprint density at radius 1 is 1.07 bits per heavy atom. The number of para-hydroxylation sites is 1. The van der Waals surface area contributed by atoms with Gasteiger partial charge in [-0.3, -0.25) is 9.59 Å². The SMILES string of the molecule is CCN(CC(=O)Nc1ccc2c(c1)OCCO2)C(=O)c1oc2c(C)cccc2c1C. The molecule has 0 unspecified atom stereocenters. The molecule has 7 heteroatoms. The highest BCUT2D eigenvalue weighted by Gasteiger charge is 2.24. The number of amides is 2. The van der Waals surface area contributed by atoms with Gasteiger partial charge in [0.25, 0.3) is 5.91 Å². The molecule has 0 fully saturated rings. The predicted octanol–water partition coefficient (Wildman–Crippen LogP) is 3.92. The summed E-state index contributed by atoms with van der Waals surface area (Å²) in [6.45, 7) is 6.91. The topological polar surface area (TPSA) is 81.0 Å². The number of nitrogens with zero attached hydrogens (tertiary/aromatic N) is 1. The molecule has 3 aromatic rings. The number of hydrogen-bond acceptors (Lipinski definition) is 5. The summed E-state index contributed by atoms with van der Waals surface area (Å²) in [6.07, 6.45) is 0. The van der Waals surface area contributed by atoms with Crippen molar-refractivity contribution in [1.29, 1.82) is 0 Å². The van der Waals surface area contributed by atoms with Crippen molar-refractivity contribution < 1.29 is 23.5 Å². The summed E-state index contributed by atoms with van der Waals surface area (Å²) in [4.78, 5) is 27.1. The number of benzene rings is 2. The first-order valence-electron chi connectivity index (χ1n) is 9.95. The van der Waals surface area contributed by atoms with Crippen molar-refractivity contribution in [2.45, 2.75) is 20.8 Å². The molecule has 7 nitrogen and oxygen atoms in total. The van der Waals surface area contributed by atoms with Crippen LogP contribution in [0.5, 0.6) is 11.5 Å². The summed E-state index contributed by atoms with van der Waals surface area (Å²) in [7, 11) is 0. The van der Waals surface area contributed by atoms with Crippen LogP contribution in [-0.2, 0) is 4.79 Å². The van der Waals surface area contributed by atoms with Crippen molar-refractivity contribution in [2.24, 2.45) is 0 Å². The minimum atomic E-state index is -0.303. The molecule has 2 amide bonds. The highest BCUT2D eigenvalue weighted by atomic mass is 16.6. The van der Waals surface area contributed by atoms with E-state index in [-0.39, 0.29) is 24.1 Å². The van der Waals surface area contributed by atoms with Gasteiger partial charge in [0.15, 0.2) is 17.3 Å². The van der Waals surface area contributed by atoms with E-state index in [1.165, 1.54) is 4.90 Å². The molecule has 0 saturated carbocycles. The lowest BCUT2D eigenvalue weighted by atomic mass is 10.1. The Kier molecular flexibility index (Phi) is 5.35. The van der Waals surface area contributed by atoms with Gasteiger partial charge in [-0.2, -0.15) is 0 Å². The van der Waals surface area contributed by atoms with E-state index in [9.17, 15) is 9.59 Å². The molecule has 1 aliphatic heterocycles. The molecule has 0 radical (unpaired) electrons. The fourth-order valence-electron chi connectivity index (χ4n) is 3.55. The predicted molar refractivity (Wildman–Crippen MR) is 113 cm³/mol. The first-order chi connectivity index (χ1) is 14.5. The lowest BCUT2D eigenvalue weighted by Gasteiger charge is -2.21. The number of carbonyl (C=O) groups excluding carboxylic acids is 2. The second-order valence-corrected chi connectivity index (χ2v) is 7.23. The number of likely N-dealkylation sites (N-methyl/N-ethyl adjacent to an activating group) is 1. The van der Waals surface area contributed by atoms with Crippen LogP contribution in [0.4, 0.5) is 5.69 Å². The van der Waals surface area contributed by atoms with Gasteiger partial charge in [0.05, 0.1) is 0 Å². The second-order valence-electron chi connectivity index (χ2n) is 7.23. The van der Waals surface area contributed by atoms with E-state index in [4.69, 9.17) is 13.9 Å². The first-order valence-corrected chi connectivity index (χ1v) is 9.95. The van der Waals surface area contributed by atoms with Gasteiger partial charge in [-0.15, -0.1) is 0 Å². The highest BCUT2D eigenvalue weighted by molar-refractivity contribution is 6.02. The van der Waals surface area contributed by atoms with Crippen LogP contribution in [0.2, 0.25) is 0 Å². The zero-order chi connectivity index (χ0) is 21.3. The van der Waals surface area contributed by atoms with Crippen LogP contribution in [0, 0.1) is 13.8 Å². The van der Waals surface area contributed by atoms with Crippen molar-refractivity contribution in [1.82, 2.24) is 4.90 Å². The third-order valence-corrected chi connectivity index (χ3v) is 5.18. The maximum atomic E-state index is 13.1. The number of aryl methyl sites for hydroxylation is 2. The van der Waals surface area contributed by atoms with Gasteiger partial charge >= 0.3 is 0 Å². The number of fused-ring (bicyclic) bond motifs is 2. The van der Waals surface area contributed by atoms with Crippen molar-refractivity contribution in [2.75, 3.05) is 31.6 Å². The van der Waals surface area contributed by atoms with Crippen LogP contribution < -0.4 is 14.8 Å². The summed E-state index contributed by atoms with van der Waals surface area (Å²) in [5.41, 5.74) is 3.04. The zero-order valence-electron chi connectivity index (χ0n) is 17.3. The van der Waals surface area contributed by atoms with Crippen molar-refractivity contribution in [3.63, 3.8) is 0 Å². The van der Waals surface area contributed by atoms with Crippen molar-refractivity contribution in [3.8, 4) is 11.5 Å². The number of ether oxygens (including phenoxy) is 2. The molecule has 0 bridgehead atoms. The summed E-state index contributed by atoms with van der Waals surface area (Å²) < 4.78 is 16.9. The molecule has 156 valence electrons. The Hall–Kier alpha value is -3.48. The molecule has 0 saturated heterocycles. The Morgan fingerprint density at radius 3 is 2.57 bits per heavy atom. The van der Waals surface area contributed by atoms with Crippen LogP contribution in [-0.4, -0.2) is 43.0 Å². The Morgan fingerprint density at radius 2 is 1.83 bits per heavy atom. The van der Waals surface area contributed by atoms with Gasteiger partial charge in [-0.1, -0.05) is 18.2 Å². The quantitative estimate of drug-likeness (QED) is 0.692. The van der Waals surface area contributed by atoms with Crippen LogP contribution in [0.25, 0.3) is 11.0 Å². The van der Waals surface area contributed by atoms with E-state index >= 15 is 0 Å². The van der Waals surface area contributed by atoms with Crippen LogP contribution in [0.1, 0.15) is 28.6 Å². The van der Waals surface area contributed by atoms with E-state index in [1.807, 2.05) is 39.0 Å². The maximum Gasteiger partial charge on any atom is 0.290 e. The van der Waals surface area contributed by atoms with Gasteiger partial charge in [0.2, 0.25) is 5.91 Å². The highest BCUT2D eigenvalue weighted by Crippen LogP contribution is 2.32. The fourth-order valence-corrected chi connectivity index (χ4v) is 3.55. The summed E-state index contributed by atoms with van der Waals surface area (Å²) in [6, 6.07) is 11.0. The minimum Gasteiger partial charge on any atom is -0.486 e. The van der Waals surface area contributed by atoms with Crippen LogP contribution in [0.15, 0.2) is 40.8 Å². The van der Waals surface area contributed by atoms with E-state index < -0.39 is 0 Å². The Labute approximate surface area is 174 Å². The smallest absolute Gasteiger partial charge is 0.290 e. The summed E-state index contributed by atoms with van der Waals surface area (Å²) in [5, 5.41) is 3.73. The molecule has 1 aliphatic rings. The van der Waals surface area contributed by atoms with E-state index in [0.717, 1.165) is 16.5 Å². The minimum absolute atomic E-state index is 0.0841. The molecule has 2 aromatic carbocycles. The monoisotopic (exact) mass is 408 g/mol. The van der Waals surface area contributed by atoms with Gasteiger partial charge in [0.1, 0.15) is 25.3 Å². The first kappa shape index (κ1) is 19.8. The fraction of sp³-hybridized carbons (Fsp3) is 0.304. The van der Waals surface area contributed by atoms with E-state index in [1.54, 1.807) is 18.2 Å². The van der Waals surface area contributed by atoms with Crippen molar-refractivity contribution in [3.05, 3.63) is 53.3 Å². The molecule has 2 heterocycles. The lowest BCUT2D eigenvalue weighted by molar-refractivity contribution is -0.116. The number of hydrogen-bond donors (Lipinski definition) is 1. The van der Waals surface area contributed by atoms with Crippen LogP contribution >= 0.6 is 0 Å². The van der Waals surface area contributed by atoms with E-state index in [0.29, 0.717) is 42.5 Å². The largest absolute Gasteiger partial charge is 0.486 e. The number of rotatable bonds is 5. The summed E-state index contributed by atoms with van der Waals surface area (Å²) in [5.74, 6) is 0.916. The average molecular weight is 408 g/mol. The molecule has 4 rings (SSSR count). The standard InChI is InChI=1S/C23H24N2O5/c1-4-25(23(27)22-15(3)17-7-5-6-14(2)21(17)30-22)13-20(26)24-16-8-9-18-19(12-16)29-11-10-28-18/h5-9,12H,4,10-11,13H2,1-3H3,(H,24,26). The zero-order valence-corrected chi connectivity index (χ0v) is 17.3. The van der Waals surface area contributed by atoms with Gasteiger partial charge in [-0.05, 0) is 38.5 Å². The average Bonchev–Trinajstić information content (AvgIpc) is 3.09. The van der Waals surface area contributed by atoms with Gasteiger partial charge in [0, 0.05) is 29.2 Å². The Bertz CT molecular complexity index is 1120. The number of anilines is 1.